The predicted octanol–water partition coefficient (Wildman–Crippen LogP) is 4.21. The van der Waals surface area contributed by atoms with E-state index in [9.17, 15) is 4.79 Å². The summed E-state index contributed by atoms with van der Waals surface area (Å²) in [6, 6.07) is 5.17. The highest BCUT2D eigenvalue weighted by molar-refractivity contribution is 8.26. The smallest absolute Gasteiger partial charge is 0.266 e. The highest BCUT2D eigenvalue weighted by atomic mass is 35.5. The van der Waals surface area contributed by atoms with Crippen LogP contribution < -0.4 is 0 Å². The van der Waals surface area contributed by atoms with Crippen molar-refractivity contribution in [3.8, 4) is 0 Å². The van der Waals surface area contributed by atoms with Gasteiger partial charge in [0.2, 0.25) is 0 Å². The van der Waals surface area contributed by atoms with Gasteiger partial charge in [-0.2, -0.15) is 0 Å². The Morgan fingerprint density at radius 3 is 2.72 bits per heavy atom. The molecule has 1 heterocycles. The van der Waals surface area contributed by atoms with Gasteiger partial charge in [0.1, 0.15) is 4.32 Å². The Balaban J connectivity index is 2.35. The molecule has 0 aromatic heterocycles. The molecule has 2 rings (SSSR count). The summed E-state index contributed by atoms with van der Waals surface area (Å²) in [6.07, 6.45) is 1.74. The molecule has 2 nitrogen and oxygen atoms in total. The Bertz CT molecular complexity index is 557. The van der Waals surface area contributed by atoms with E-state index in [1.165, 1.54) is 11.8 Å². The average molecular weight is 318 g/mol. The van der Waals surface area contributed by atoms with Gasteiger partial charge >= 0.3 is 0 Å². The Morgan fingerprint density at radius 1 is 1.44 bits per heavy atom. The van der Waals surface area contributed by atoms with E-state index in [2.05, 4.69) is 0 Å². The SMILES string of the molecule is CCN1C(=O)C(=Cc2ccc(Cl)cc2Cl)SC1=S. The molecule has 1 aromatic rings. The van der Waals surface area contributed by atoms with Crippen LogP contribution in [-0.2, 0) is 4.79 Å². The Hall–Kier alpha value is -0.550. The summed E-state index contributed by atoms with van der Waals surface area (Å²) >= 11 is 18.3. The van der Waals surface area contributed by atoms with Crippen LogP contribution in [0, 0.1) is 0 Å². The molecular weight excluding hydrogens is 309 g/mol. The number of rotatable bonds is 2. The first-order valence-corrected chi connectivity index (χ1v) is 7.21. The number of carbonyl (C=O) groups excluding carboxylic acids is 1. The van der Waals surface area contributed by atoms with Crippen LogP contribution in [0.2, 0.25) is 10.0 Å². The summed E-state index contributed by atoms with van der Waals surface area (Å²) < 4.78 is 0.582. The van der Waals surface area contributed by atoms with Gasteiger partial charge in [0.15, 0.2) is 0 Å². The molecule has 94 valence electrons. The van der Waals surface area contributed by atoms with Crippen molar-refractivity contribution >= 4 is 63.5 Å². The second-order valence-corrected chi connectivity index (χ2v) is 6.11. The van der Waals surface area contributed by atoms with Crippen molar-refractivity contribution in [1.29, 1.82) is 0 Å². The number of benzene rings is 1. The molecule has 0 atom stereocenters. The van der Waals surface area contributed by atoms with Gasteiger partial charge in [0.05, 0.1) is 4.91 Å². The first-order valence-electron chi connectivity index (χ1n) is 5.23. The van der Waals surface area contributed by atoms with E-state index in [1.807, 2.05) is 6.92 Å². The summed E-state index contributed by atoms with van der Waals surface area (Å²) in [6.45, 7) is 2.47. The highest BCUT2D eigenvalue weighted by Crippen LogP contribution is 2.33. The highest BCUT2D eigenvalue weighted by Gasteiger charge is 2.30. The molecule has 0 spiro atoms. The molecule has 18 heavy (non-hydrogen) atoms. The van der Waals surface area contributed by atoms with E-state index >= 15 is 0 Å². The predicted molar refractivity (Wildman–Crippen MR) is 82.0 cm³/mol. The van der Waals surface area contributed by atoms with Crippen molar-refractivity contribution in [3.05, 3.63) is 38.7 Å². The third-order valence-corrected chi connectivity index (χ3v) is 4.38. The molecule has 0 saturated carbocycles. The Kier molecular flexibility index (Phi) is 4.33. The second kappa shape index (κ2) is 5.61. The van der Waals surface area contributed by atoms with Crippen molar-refractivity contribution in [2.24, 2.45) is 0 Å². The van der Waals surface area contributed by atoms with Gasteiger partial charge in [0, 0.05) is 16.6 Å². The van der Waals surface area contributed by atoms with Crippen LogP contribution in [0.25, 0.3) is 6.08 Å². The van der Waals surface area contributed by atoms with Crippen LogP contribution in [0.5, 0.6) is 0 Å². The monoisotopic (exact) mass is 317 g/mol. The molecule has 0 aliphatic carbocycles. The standard InChI is InChI=1S/C12H9Cl2NOS2/c1-2-15-11(16)10(18-12(15)17)5-7-3-4-8(13)6-9(7)14/h3-6H,2H2,1H3. The molecule has 0 bridgehead atoms. The van der Waals surface area contributed by atoms with Gasteiger partial charge in [-0.25, -0.2) is 0 Å². The number of halogens is 2. The van der Waals surface area contributed by atoms with Crippen LogP contribution in [-0.4, -0.2) is 21.7 Å². The second-order valence-electron chi connectivity index (χ2n) is 3.59. The number of thiocarbonyl (C=S) groups is 1. The van der Waals surface area contributed by atoms with Gasteiger partial charge < -0.3 is 0 Å². The first-order chi connectivity index (χ1) is 8.52. The van der Waals surface area contributed by atoms with E-state index < -0.39 is 0 Å². The molecule has 0 radical (unpaired) electrons. The van der Waals surface area contributed by atoms with Gasteiger partial charge in [-0.3, -0.25) is 9.69 Å². The average Bonchev–Trinajstić information content (AvgIpc) is 2.58. The van der Waals surface area contributed by atoms with Crippen LogP contribution in [0.3, 0.4) is 0 Å². The number of amides is 1. The van der Waals surface area contributed by atoms with Crippen LogP contribution in [0.4, 0.5) is 0 Å². The van der Waals surface area contributed by atoms with Crippen molar-refractivity contribution in [3.63, 3.8) is 0 Å². The fourth-order valence-electron chi connectivity index (χ4n) is 1.53. The number of hydrogen-bond acceptors (Lipinski definition) is 3. The third kappa shape index (κ3) is 2.72. The lowest BCUT2D eigenvalue weighted by Crippen LogP contribution is -2.27. The molecule has 1 saturated heterocycles. The lowest BCUT2D eigenvalue weighted by molar-refractivity contribution is -0.121. The van der Waals surface area contributed by atoms with Gasteiger partial charge in [0.25, 0.3) is 5.91 Å². The molecule has 0 unspecified atom stereocenters. The number of hydrogen-bond donors (Lipinski definition) is 0. The van der Waals surface area contributed by atoms with E-state index in [4.69, 9.17) is 35.4 Å². The molecule has 0 N–H and O–H groups in total. The summed E-state index contributed by atoms with van der Waals surface area (Å²) in [7, 11) is 0. The number of nitrogens with zero attached hydrogens (tertiary/aromatic N) is 1. The Labute approximate surface area is 125 Å². The zero-order valence-electron chi connectivity index (χ0n) is 9.44. The lowest BCUT2D eigenvalue weighted by atomic mass is 10.2. The maximum atomic E-state index is 12.0. The van der Waals surface area contributed by atoms with Gasteiger partial charge in [-0.1, -0.05) is 53.2 Å². The largest absolute Gasteiger partial charge is 0.293 e. The molecule has 1 aromatic carbocycles. The molecular formula is C12H9Cl2NOS2. The maximum Gasteiger partial charge on any atom is 0.266 e. The first kappa shape index (κ1) is 13.9. The fourth-order valence-corrected chi connectivity index (χ4v) is 3.37. The topological polar surface area (TPSA) is 20.3 Å². The van der Waals surface area contributed by atoms with E-state index in [0.29, 0.717) is 25.8 Å². The summed E-state index contributed by atoms with van der Waals surface area (Å²) in [5.41, 5.74) is 0.762. The fraction of sp³-hybridized carbons (Fsp3) is 0.167. The number of likely N-dealkylation sites (N-methyl/N-ethyl adjacent to an activating group) is 1. The molecule has 1 aliphatic heterocycles. The Morgan fingerprint density at radius 2 is 2.17 bits per heavy atom. The maximum absolute atomic E-state index is 12.0. The van der Waals surface area contributed by atoms with Crippen molar-refractivity contribution in [1.82, 2.24) is 4.90 Å². The van der Waals surface area contributed by atoms with Crippen molar-refractivity contribution < 1.29 is 4.79 Å². The van der Waals surface area contributed by atoms with Gasteiger partial charge in [-0.15, -0.1) is 0 Å². The van der Waals surface area contributed by atoms with Gasteiger partial charge in [-0.05, 0) is 30.7 Å². The van der Waals surface area contributed by atoms with E-state index in [1.54, 1.807) is 29.2 Å². The summed E-state index contributed by atoms with van der Waals surface area (Å²) in [5.74, 6) is -0.0708. The van der Waals surface area contributed by atoms with Crippen LogP contribution in [0.1, 0.15) is 12.5 Å². The van der Waals surface area contributed by atoms with Crippen molar-refractivity contribution in [2.45, 2.75) is 6.92 Å². The summed E-state index contributed by atoms with van der Waals surface area (Å²) in [5, 5.41) is 1.09. The minimum atomic E-state index is -0.0708. The lowest BCUT2D eigenvalue weighted by Gasteiger charge is -2.09. The van der Waals surface area contributed by atoms with E-state index in [-0.39, 0.29) is 5.91 Å². The molecule has 6 heteroatoms. The molecule has 1 aliphatic rings. The normalized spacial score (nSPS) is 17.9. The quantitative estimate of drug-likeness (QED) is 0.602. The molecule has 1 amide bonds. The minimum Gasteiger partial charge on any atom is -0.293 e. The molecule has 1 fully saturated rings. The number of thioether (sulfide) groups is 1. The third-order valence-electron chi connectivity index (χ3n) is 2.44. The van der Waals surface area contributed by atoms with Crippen LogP contribution >= 0.6 is 47.2 Å². The van der Waals surface area contributed by atoms with Crippen LogP contribution in [0.15, 0.2) is 23.1 Å². The van der Waals surface area contributed by atoms with E-state index in [0.717, 1.165) is 5.56 Å². The van der Waals surface area contributed by atoms with Crippen molar-refractivity contribution in [2.75, 3.05) is 6.54 Å². The summed E-state index contributed by atoms with van der Waals surface area (Å²) in [4.78, 5) is 14.2. The number of carbonyl (C=O) groups is 1. The zero-order valence-corrected chi connectivity index (χ0v) is 12.6. The minimum absolute atomic E-state index is 0.0708. The zero-order chi connectivity index (χ0) is 13.3.